The number of hydrogen-bond donors (Lipinski definition) is 0. The highest BCUT2D eigenvalue weighted by Crippen LogP contribution is 2.53. The third-order valence-corrected chi connectivity index (χ3v) is 154. The summed E-state index contributed by atoms with van der Waals surface area (Å²) in [4.78, 5) is 0. The van der Waals surface area contributed by atoms with E-state index in [1.54, 1.807) is 0 Å². The Morgan fingerprint density at radius 1 is 0.400 bits per heavy atom. The van der Waals surface area contributed by atoms with Crippen molar-refractivity contribution in [1.82, 2.24) is 0 Å². The van der Waals surface area contributed by atoms with Gasteiger partial charge in [0.25, 0.3) is 0 Å². The van der Waals surface area contributed by atoms with Gasteiger partial charge in [-0.3, -0.25) is 0 Å². The van der Waals surface area contributed by atoms with Crippen LogP contribution in [0.3, 0.4) is 0 Å². The first-order chi connectivity index (χ1) is 8.25. The average molecular weight is 481 g/mol. The first-order valence-corrected chi connectivity index (χ1v) is 33.3. The summed E-state index contributed by atoms with van der Waals surface area (Å²) in [6.45, 7) is 20.9. The third kappa shape index (κ3) is 3.55. The van der Waals surface area contributed by atoms with Gasteiger partial charge in [0.15, 0.2) is 5.94 Å². The van der Waals surface area contributed by atoms with Crippen LogP contribution in [0.1, 0.15) is 0 Å². The molecule has 0 nitrogen and oxygen atoms in total. The van der Waals surface area contributed by atoms with Gasteiger partial charge in [0, 0.05) is 0 Å². The monoisotopic (exact) mass is 478 g/mol. The molecule has 20 heavy (non-hydrogen) atoms. The minimum absolute atomic E-state index is 1.69. The molecule has 0 rings (SSSR count). The zero-order chi connectivity index (χ0) is 17.0. The summed E-state index contributed by atoms with van der Waals surface area (Å²) >= 11 is 35.0. The normalized spacial score (nSPS) is 18.9. The standard InChI is InChI=1S/C9H27Cl5Si6/c1-15(2,3)19(13,16(4,5)6)20(14,17(7,8)9)18(10,11)12/h1-9H3. The van der Waals surface area contributed by atoms with Crippen LogP contribution in [0, 0.1) is 0 Å². The van der Waals surface area contributed by atoms with Crippen LogP contribution in [0.2, 0.25) is 58.9 Å². The molecular formula is C9H27Cl5Si6. The Balaban J connectivity index is 6.71. The van der Waals surface area contributed by atoms with Crippen molar-refractivity contribution in [2.75, 3.05) is 0 Å². The Bertz CT molecular complexity index is 297. The minimum atomic E-state index is -3.02. The molecule has 0 amide bonds. The molecule has 0 aromatic carbocycles. The molecule has 1 atom stereocenters. The van der Waals surface area contributed by atoms with Crippen molar-refractivity contribution in [2.24, 2.45) is 0 Å². The molecule has 0 radical (unpaired) electrons. The Morgan fingerprint density at radius 3 is 0.650 bits per heavy atom. The molecule has 0 heterocycles. The summed E-state index contributed by atoms with van der Waals surface area (Å²) in [6.07, 6.45) is 0. The molecule has 0 saturated carbocycles. The van der Waals surface area contributed by atoms with Gasteiger partial charge in [0.05, 0.1) is 22.8 Å². The van der Waals surface area contributed by atoms with E-state index in [0.717, 1.165) is 0 Å². The Kier molecular flexibility index (Phi) is 7.10. The Hall–Kier alpha value is 2.75. The van der Waals surface area contributed by atoms with Crippen LogP contribution in [0.15, 0.2) is 0 Å². The summed E-state index contributed by atoms with van der Waals surface area (Å²) in [5.41, 5.74) is -3.02. The lowest BCUT2D eigenvalue weighted by molar-refractivity contribution is 1.79. The molecule has 0 aromatic heterocycles. The van der Waals surface area contributed by atoms with Crippen molar-refractivity contribution >= 4 is 95.6 Å². The summed E-state index contributed by atoms with van der Waals surface area (Å²) in [5.74, 6) is -4.90. The van der Waals surface area contributed by atoms with E-state index in [4.69, 9.17) is 55.4 Å². The lowest BCUT2D eigenvalue weighted by Crippen LogP contribution is -2.91. The molecule has 0 aliphatic heterocycles. The zero-order valence-electron chi connectivity index (χ0n) is 13.9. The number of rotatable bonds is 5. The van der Waals surface area contributed by atoms with E-state index in [-0.39, 0.29) is 0 Å². The highest BCUT2D eigenvalue weighted by atomic mass is 35.9. The first-order valence-electron chi connectivity index (χ1n) is 6.69. The minimum Gasteiger partial charge on any atom is -0.176 e. The Labute approximate surface area is 153 Å². The van der Waals surface area contributed by atoms with Gasteiger partial charge in [-0.15, -0.1) is 33.2 Å². The highest BCUT2D eigenvalue weighted by Gasteiger charge is 2.78. The topological polar surface area (TPSA) is 0 Å². The van der Waals surface area contributed by atoms with Crippen molar-refractivity contribution in [1.29, 1.82) is 0 Å². The smallest absolute Gasteiger partial charge is 0.176 e. The van der Waals surface area contributed by atoms with E-state index in [1.165, 1.54) is 0 Å². The van der Waals surface area contributed by atoms with Gasteiger partial charge >= 0.3 is 5.52 Å². The second kappa shape index (κ2) is 6.24. The molecular weight excluding hydrogens is 454 g/mol. The maximum Gasteiger partial charge on any atom is 0.337 e. The summed E-state index contributed by atoms with van der Waals surface area (Å²) in [5, 5.41) is 0. The fourth-order valence-corrected chi connectivity index (χ4v) is 238. The van der Waals surface area contributed by atoms with Crippen LogP contribution >= 0.6 is 55.4 Å². The predicted molar refractivity (Wildman–Crippen MR) is 117 cm³/mol. The number of hydrogen-bond acceptors (Lipinski definition) is 0. The molecule has 0 N–H and O–H groups in total. The second-order valence-electron chi connectivity index (χ2n) is 8.56. The lowest BCUT2D eigenvalue weighted by atomic mass is 11.8. The van der Waals surface area contributed by atoms with Gasteiger partial charge in [-0.2, -0.15) is 22.2 Å². The van der Waals surface area contributed by atoms with Gasteiger partial charge in [0.2, 0.25) is 0 Å². The van der Waals surface area contributed by atoms with Crippen molar-refractivity contribution in [3.05, 3.63) is 0 Å². The largest absolute Gasteiger partial charge is 0.337 e. The van der Waals surface area contributed by atoms with Crippen LogP contribution in [-0.4, -0.2) is 40.2 Å². The van der Waals surface area contributed by atoms with Gasteiger partial charge in [-0.1, -0.05) is 58.9 Å². The van der Waals surface area contributed by atoms with Crippen molar-refractivity contribution in [3.8, 4) is 0 Å². The van der Waals surface area contributed by atoms with Crippen LogP contribution in [0.5, 0.6) is 0 Å². The fourth-order valence-electron chi connectivity index (χ4n) is 3.30. The van der Waals surface area contributed by atoms with E-state index in [1.807, 2.05) is 0 Å². The molecule has 0 aliphatic rings. The lowest BCUT2D eigenvalue weighted by Gasteiger charge is -2.58. The Morgan fingerprint density at radius 2 is 0.600 bits per heavy atom. The average Bonchev–Trinajstić information content (AvgIpc) is 2.07. The maximum atomic E-state index is 7.58. The molecule has 0 aromatic rings. The summed E-state index contributed by atoms with van der Waals surface area (Å²) < 4.78 is 0. The molecule has 122 valence electrons. The zero-order valence-corrected chi connectivity index (χ0v) is 23.7. The number of halogens is 5. The van der Waals surface area contributed by atoms with Crippen LogP contribution < -0.4 is 0 Å². The van der Waals surface area contributed by atoms with E-state index < -0.39 is 40.2 Å². The second-order valence-corrected chi connectivity index (χ2v) is 82.7. The molecule has 0 spiro atoms. The third-order valence-electron chi connectivity index (χ3n) is 3.97. The van der Waals surface area contributed by atoms with Crippen LogP contribution in [-0.2, 0) is 0 Å². The maximum absolute atomic E-state index is 7.58. The van der Waals surface area contributed by atoms with E-state index >= 15 is 0 Å². The van der Waals surface area contributed by atoms with Gasteiger partial charge in [-0.05, 0) is 0 Å². The molecule has 0 fully saturated rings. The molecule has 0 saturated heterocycles. The van der Waals surface area contributed by atoms with Gasteiger partial charge in [0.1, 0.15) is 5.94 Å². The van der Waals surface area contributed by atoms with Crippen molar-refractivity contribution < 1.29 is 0 Å². The molecule has 0 bridgehead atoms. The molecule has 0 aliphatic carbocycles. The fraction of sp³-hybridized carbons (Fsp3) is 1.00. The van der Waals surface area contributed by atoms with E-state index in [9.17, 15) is 0 Å². The van der Waals surface area contributed by atoms with Crippen LogP contribution in [0.4, 0.5) is 0 Å². The summed E-state index contributed by atoms with van der Waals surface area (Å²) in [6, 6.07) is 0. The van der Waals surface area contributed by atoms with E-state index in [0.29, 0.717) is 0 Å². The highest BCUT2D eigenvalue weighted by molar-refractivity contribution is 8.31. The summed E-state index contributed by atoms with van der Waals surface area (Å²) in [7, 11) is -5.21. The molecule has 1 unspecified atom stereocenters. The first kappa shape index (κ1) is 22.8. The predicted octanol–water partition coefficient (Wildman–Crippen LogP) is 6.42. The van der Waals surface area contributed by atoms with Gasteiger partial charge in [-0.25, -0.2) is 0 Å². The quantitative estimate of drug-likeness (QED) is 0.314. The molecule has 11 heteroatoms. The SMILES string of the molecule is C[Si](C)(C)[Si](Cl)([Si](C)(C)C)[Si](Cl)([Si](C)(C)C)[Si](Cl)(Cl)Cl. The van der Waals surface area contributed by atoms with Crippen molar-refractivity contribution in [2.45, 2.75) is 58.9 Å². The van der Waals surface area contributed by atoms with Gasteiger partial charge < -0.3 is 0 Å². The van der Waals surface area contributed by atoms with E-state index in [2.05, 4.69) is 58.9 Å². The van der Waals surface area contributed by atoms with Crippen molar-refractivity contribution in [3.63, 3.8) is 0 Å². The van der Waals surface area contributed by atoms with Crippen LogP contribution in [0.25, 0.3) is 0 Å².